The van der Waals surface area contributed by atoms with Gasteiger partial charge in [0.15, 0.2) is 0 Å². The number of amides is 5. The zero-order valence-electron chi connectivity index (χ0n) is 16.7. The molecule has 1 aromatic rings. The minimum absolute atomic E-state index is 0.0954. The molecule has 1 saturated heterocycles. The van der Waals surface area contributed by atoms with E-state index < -0.39 is 35.8 Å². The molecule has 1 aliphatic heterocycles. The van der Waals surface area contributed by atoms with Gasteiger partial charge in [-0.1, -0.05) is 44.5 Å². The Labute approximate surface area is 174 Å². The van der Waals surface area contributed by atoms with Crippen LogP contribution in [0.1, 0.15) is 50.4 Å². The maximum Gasteiger partial charge on any atom is 0.325 e. The summed E-state index contributed by atoms with van der Waals surface area (Å²) in [5.41, 5.74) is 3.59. The molecule has 0 radical (unpaired) electrons. The number of halogens is 1. The van der Waals surface area contributed by atoms with Gasteiger partial charge < -0.3 is 5.32 Å². The molecule has 156 valence electrons. The summed E-state index contributed by atoms with van der Waals surface area (Å²) in [6, 6.07) is 5.79. The van der Waals surface area contributed by atoms with E-state index in [9.17, 15) is 19.2 Å². The van der Waals surface area contributed by atoms with Crippen LogP contribution in [-0.4, -0.2) is 40.7 Å². The molecule has 2 unspecified atom stereocenters. The van der Waals surface area contributed by atoms with Gasteiger partial charge >= 0.3 is 6.03 Å². The Morgan fingerprint density at radius 1 is 1.21 bits per heavy atom. The minimum Gasteiger partial charge on any atom is -0.323 e. The summed E-state index contributed by atoms with van der Waals surface area (Å²) < 4.78 is 0. The second kappa shape index (κ2) is 7.67. The summed E-state index contributed by atoms with van der Waals surface area (Å²) in [5, 5.41) is 3.05. The van der Waals surface area contributed by atoms with Crippen LogP contribution in [0.5, 0.6) is 0 Å². The average Bonchev–Trinajstić information content (AvgIpc) is 2.81. The zero-order valence-corrected chi connectivity index (χ0v) is 17.4. The summed E-state index contributed by atoms with van der Waals surface area (Å²) in [6.45, 7) is 5.72. The van der Waals surface area contributed by atoms with Crippen molar-refractivity contribution in [3.05, 3.63) is 34.9 Å². The van der Waals surface area contributed by atoms with Crippen LogP contribution in [0.2, 0.25) is 5.02 Å². The number of nitrogens with zero attached hydrogens (tertiary/aromatic N) is 1. The second-order valence-corrected chi connectivity index (χ2v) is 9.15. The molecule has 2 fully saturated rings. The number of imide groups is 1. The highest BCUT2D eigenvalue weighted by atomic mass is 35.5. The van der Waals surface area contributed by atoms with Crippen LogP contribution in [0.25, 0.3) is 0 Å². The normalized spacial score (nSPS) is 25.7. The molecule has 2 atom stereocenters. The fraction of sp³-hybridized carbons (Fsp3) is 0.500. The highest BCUT2D eigenvalue weighted by Crippen LogP contribution is 2.46. The van der Waals surface area contributed by atoms with Crippen molar-refractivity contribution in [1.29, 1.82) is 0 Å². The molecule has 1 saturated carbocycles. The van der Waals surface area contributed by atoms with E-state index in [0.717, 1.165) is 11.3 Å². The van der Waals surface area contributed by atoms with Crippen molar-refractivity contribution in [2.45, 2.75) is 45.6 Å². The number of carbonyl (C=O) groups excluding carboxylic acids is 4. The van der Waals surface area contributed by atoms with Crippen LogP contribution < -0.4 is 16.2 Å². The highest BCUT2D eigenvalue weighted by molar-refractivity contribution is 6.33. The lowest BCUT2D eigenvalue weighted by Crippen LogP contribution is -2.54. The first-order chi connectivity index (χ1) is 13.5. The zero-order chi connectivity index (χ0) is 21.4. The number of hydrogen-bond acceptors (Lipinski definition) is 4. The monoisotopic (exact) mass is 420 g/mol. The van der Waals surface area contributed by atoms with E-state index in [2.05, 4.69) is 36.9 Å². The molecule has 0 bridgehead atoms. The molecule has 8 nitrogen and oxygen atoms in total. The Morgan fingerprint density at radius 3 is 2.55 bits per heavy atom. The van der Waals surface area contributed by atoms with E-state index in [-0.39, 0.29) is 21.9 Å². The van der Waals surface area contributed by atoms with Crippen LogP contribution in [0, 0.1) is 11.3 Å². The topological polar surface area (TPSA) is 108 Å². The number of hydrazine groups is 1. The number of nitrogens with one attached hydrogen (secondary N) is 3. The van der Waals surface area contributed by atoms with Gasteiger partial charge in [-0.15, -0.1) is 0 Å². The molecule has 9 heteroatoms. The van der Waals surface area contributed by atoms with E-state index in [0.29, 0.717) is 12.8 Å². The Kier molecular flexibility index (Phi) is 5.58. The van der Waals surface area contributed by atoms with Crippen molar-refractivity contribution in [2.75, 3.05) is 6.54 Å². The summed E-state index contributed by atoms with van der Waals surface area (Å²) in [4.78, 5) is 50.7. The molecular weight excluding hydrogens is 396 g/mol. The van der Waals surface area contributed by atoms with Crippen LogP contribution in [0.15, 0.2) is 24.3 Å². The molecule has 1 aromatic carbocycles. The first-order valence-electron chi connectivity index (χ1n) is 9.51. The first-order valence-corrected chi connectivity index (χ1v) is 9.89. The number of urea groups is 1. The van der Waals surface area contributed by atoms with Crippen molar-refractivity contribution in [1.82, 2.24) is 21.1 Å². The summed E-state index contributed by atoms with van der Waals surface area (Å²) in [6.07, 6.45) is 2.03. The Bertz CT molecular complexity index is 872. The Morgan fingerprint density at radius 2 is 1.90 bits per heavy atom. The maximum atomic E-state index is 13.0. The SMILES string of the molecule is CC1CC(C)(C)CC2(C1)NC(=O)N(CC(=O)NNC(=O)c1ccccc1Cl)C2=O. The quantitative estimate of drug-likeness (QED) is 0.514. The Balaban J connectivity index is 1.62. The van der Waals surface area contributed by atoms with Gasteiger partial charge in [-0.2, -0.15) is 0 Å². The average molecular weight is 421 g/mol. The maximum absolute atomic E-state index is 13.0. The van der Waals surface area contributed by atoms with Gasteiger partial charge in [0, 0.05) is 0 Å². The number of benzene rings is 1. The molecule has 1 heterocycles. The van der Waals surface area contributed by atoms with Gasteiger partial charge in [-0.25, -0.2) is 4.79 Å². The van der Waals surface area contributed by atoms with Gasteiger partial charge in [-0.05, 0) is 42.7 Å². The predicted molar refractivity (Wildman–Crippen MR) is 107 cm³/mol. The Hall–Kier alpha value is -2.61. The third kappa shape index (κ3) is 4.37. The lowest BCUT2D eigenvalue weighted by atomic mass is 9.64. The molecule has 3 rings (SSSR count). The molecule has 1 aliphatic carbocycles. The third-order valence-corrected chi connectivity index (χ3v) is 5.69. The lowest BCUT2D eigenvalue weighted by molar-refractivity contribution is -0.137. The van der Waals surface area contributed by atoms with Gasteiger partial charge in [0.25, 0.3) is 17.7 Å². The largest absolute Gasteiger partial charge is 0.325 e. The second-order valence-electron chi connectivity index (χ2n) is 8.74. The van der Waals surface area contributed by atoms with Gasteiger partial charge in [0.2, 0.25) is 0 Å². The highest BCUT2D eigenvalue weighted by Gasteiger charge is 2.56. The fourth-order valence-corrected chi connectivity index (χ4v) is 4.89. The van der Waals surface area contributed by atoms with Crippen LogP contribution >= 0.6 is 11.6 Å². The molecule has 0 aromatic heterocycles. The molecule has 3 N–H and O–H groups in total. The summed E-state index contributed by atoms with van der Waals surface area (Å²) in [5.74, 6) is -1.41. The molecule has 1 spiro atoms. The molecule has 29 heavy (non-hydrogen) atoms. The molecule has 2 aliphatic rings. The third-order valence-electron chi connectivity index (χ3n) is 5.36. The molecular formula is C20H25ClN4O4. The van der Waals surface area contributed by atoms with E-state index in [1.54, 1.807) is 18.2 Å². The van der Waals surface area contributed by atoms with Crippen molar-refractivity contribution in [3.63, 3.8) is 0 Å². The van der Waals surface area contributed by atoms with Crippen molar-refractivity contribution in [2.24, 2.45) is 11.3 Å². The van der Waals surface area contributed by atoms with Crippen LogP contribution in [-0.2, 0) is 9.59 Å². The molecule has 5 amide bonds. The summed E-state index contributed by atoms with van der Waals surface area (Å²) in [7, 11) is 0. The van der Waals surface area contributed by atoms with E-state index >= 15 is 0 Å². The standard InChI is InChI=1S/C20H25ClN4O4/c1-12-8-19(2,3)11-20(9-12)17(28)25(18(29)22-20)10-15(26)23-24-16(27)13-6-4-5-7-14(13)21/h4-7,12H,8-11H2,1-3H3,(H,22,29)(H,23,26)(H,24,27). The summed E-state index contributed by atoms with van der Waals surface area (Å²) >= 11 is 5.95. The van der Waals surface area contributed by atoms with Crippen molar-refractivity contribution < 1.29 is 19.2 Å². The first kappa shape index (κ1) is 21.1. The number of hydrogen-bond donors (Lipinski definition) is 3. The smallest absolute Gasteiger partial charge is 0.323 e. The van der Waals surface area contributed by atoms with Gasteiger partial charge in [0.1, 0.15) is 12.1 Å². The van der Waals surface area contributed by atoms with E-state index in [1.807, 2.05) is 0 Å². The van der Waals surface area contributed by atoms with Crippen LogP contribution in [0.4, 0.5) is 4.79 Å². The lowest BCUT2D eigenvalue weighted by Gasteiger charge is -2.43. The van der Waals surface area contributed by atoms with Gasteiger partial charge in [0.05, 0.1) is 10.6 Å². The fourth-order valence-electron chi connectivity index (χ4n) is 4.67. The van der Waals surface area contributed by atoms with E-state index in [4.69, 9.17) is 11.6 Å². The minimum atomic E-state index is -0.973. The number of carbonyl (C=O) groups is 4. The predicted octanol–water partition coefficient (Wildman–Crippen LogP) is 2.24. The van der Waals surface area contributed by atoms with E-state index in [1.165, 1.54) is 6.07 Å². The number of rotatable bonds is 3. The van der Waals surface area contributed by atoms with Crippen molar-refractivity contribution in [3.8, 4) is 0 Å². The van der Waals surface area contributed by atoms with Crippen molar-refractivity contribution >= 4 is 35.4 Å². The van der Waals surface area contributed by atoms with Crippen LogP contribution in [0.3, 0.4) is 0 Å². The van der Waals surface area contributed by atoms with Gasteiger partial charge in [-0.3, -0.25) is 30.1 Å².